The number of rotatable bonds is 6. The molecule has 2 heterocycles. The maximum absolute atomic E-state index is 5.48. The Labute approximate surface area is 130 Å². The predicted molar refractivity (Wildman–Crippen MR) is 85.1 cm³/mol. The zero-order valence-corrected chi connectivity index (χ0v) is 14.4. The number of likely N-dealkylation sites (N-methyl/N-ethyl adjacent to an activating group) is 1. The second-order valence-electron chi connectivity index (χ2n) is 5.43. The fourth-order valence-corrected chi connectivity index (χ4v) is 3.77. The maximum Gasteiger partial charge on any atom is 0.0766 e. The Morgan fingerprint density at radius 2 is 2.10 bits per heavy atom. The second kappa shape index (κ2) is 7.57. The highest BCUT2D eigenvalue weighted by Gasteiger charge is 2.25. The van der Waals surface area contributed by atoms with Gasteiger partial charge in [-0.15, -0.1) is 0 Å². The van der Waals surface area contributed by atoms with E-state index in [1.54, 1.807) is 0 Å². The molecule has 0 aliphatic carbocycles. The fourth-order valence-electron chi connectivity index (χ4n) is 3.04. The van der Waals surface area contributed by atoms with Gasteiger partial charge in [-0.05, 0) is 55.1 Å². The van der Waals surface area contributed by atoms with Gasteiger partial charge in [-0.2, -0.15) is 5.10 Å². The molecule has 0 amide bonds. The van der Waals surface area contributed by atoms with Crippen LogP contribution in [0, 0.1) is 5.92 Å². The summed E-state index contributed by atoms with van der Waals surface area (Å²) in [6, 6.07) is 0.502. The lowest BCUT2D eigenvalue weighted by atomic mass is 9.89. The Balaban J connectivity index is 2.15. The summed E-state index contributed by atoms with van der Waals surface area (Å²) in [5.74, 6) is 0.700. The van der Waals surface area contributed by atoms with E-state index < -0.39 is 0 Å². The standard InChI is InChI=1S/C15H26BrN3O/c1-4-12-15(16)14(19(5-2)18-12)10-13(17-3)11-6-8-20-9-7-11/h11,13,17H,4-10H2,1-3H3. The third kappa shape index (κ3) is 3.43. The van der Waals surface area contributed by atoms with Gasteiger partial charge in [-0.3, -0.25) is 4.68 Å². The van der Waals surface area contributed by atoms with Crippen LogP contribution in [0.5, 0.6) is 0 Å². The lowest BCUT2D eigenvalue weighted by Gasteiger charge is -2.30. The van der Waals surface area contributed by atoms with Crippen LogP contribution in [0.25, 0.3) is 0 Å². The van der Waals surface area contributed by atoms with Crippen molar-refractivity contribution in [2.75, 3.05) is 20.3 Å². The van der Waals surface area contributed by atoms with E-state index in [1.807, 2.05) is 0 Å². The number of aryl methyl sites for hydroxylation is 2. The second-order valence-corrected chi connectivity index (χ2v) is 6.22. The van der Waals surface area contributed by atoms with Crippen molar-refractivity contribution in [1.29, 1.82) is 0 Å². The minimum absolute atomic E-state index is 0.502. The van der Waals surface area contributed by atoms with Crippen LogP contribution < -0.4 is 5.32 Å². The van der Waals surface area contributed by atoms with E-state index in [1.165, 1.54) is 15.9 Å². The smallest absolute Gasteiger partial charge is 0.0766 e. The lowest BCUT2D eigenvalue weighted by molar-refractivity contribution is 0.0545. The van der Waals surface area contributed by atoms with Crippen LogP contribution >= 0.6 is 15.9 Å². The number of hydrogen-bond donors (Lipinski definition) is 1. The number of aromatic nitrogens is 2. The molecule has 20 heavy (non-hydrogen) atoms. The van der Waals surface area contributed by atoms with E-state index in [0.29, 0.717) is 12.0 Å². The highest BCUT2D eigenvalue weighted by atomic mass is 79.9. The van der Waals surface area contributed by atoms with Crippen molar-refractivity contribution >= 4 is 15.9 Å². The molecule has 1 fully saturated rings. The van der Waals surface area contributed by atoms with E-state index in [2.05, 4.69) is 46.8 Å². The molecule has 1 aliphatic heterocycles. The summed E-state index contributed by atoms with van der Waals surface area (Å²) in [5, 5.41) is 8.21. The molecule has 1 unspecified atom stereocenters. The van der Waals surface area contributed by atoms with Crippen LogP contribution in [0.3, 0.4) is 0 Å². The van der Waals surface area contributed by atoms with Crippen molar-refractivity contribution in [2.24, 2.45) is 5.92 Å². The van der Waals surface area contributed by atoms with E-state index in [0.717, 1.165) is 45.4 Å². The fraction of sp³-hybridized carbons (Fsp3) is 0.800. The molecule has 1 aliphatic rings. The number of ether oxygens (including phenoxy) is 1. The first-order valence-corrected chi connectivity index (χ1v) is 8.49. The van der Waals surface area contributed by atoms with Gasteiger partial charge >= 0.3 is 0 Å². The van der Waals surface area contributed by atoms with Crippen molar-refractivity contribution in [2.45, 2.75) is 52.1 Å². The molecule has 0 spiro atoms. The number of hydrogen-bond acceptors (Lipinski definition) is 3. The van der Waals surface area contributed by atoms with Gasteiger partial charge in [-0.25, -0.2) is 0 Å². The van der Waals surface area contributed by atoms with Crippen LogP contribution in [-0.4, -0.2) is 36.1 Å². The molecule has 1 N–H and O–H groups in total. The molecule has 5 heteroatoms. The van der Waals surface area contributed by atoms with Crippen LogP contribution in [0.2, 0.25) is 0 Å². The van der Waals surface area contributed by atoms with Crippen molar-refractivity contribution < 1.29 is 4.74 Å². The lowest BCUT2D eigenvalue weighted by Crippen LogP contribution is -2.39. The van der Waals surface area contributed by atoms with Crippen molar-refractivity contribution in [1.82, 2.24) is 15.1 Å². The summed E-state index contributed by atoms with van der Waals surface area (Å²) in [5.41, 5.74) is 2.50. The van der Waals surface area contributed by atoms with Crippen LogP contribution in [0.1, 0.15) is 38.1 Å². The Morgan fingerprint density at radius 1 is 1.40 bits per heavy atom. The van der Waals surface area contributed by atoms with Gasteiger partial charge in [-0.1, -0.05) is 6.92 Å². The van der Waals surface area contributed by atoms with E-state index in [9.17, 15) is 0 Å². The van der Waals surface area contributed by atoms with Crippen molar-refractivity contribution in [3.05, 3.63) is 15.9 Å². The molecule has 0 bridgehead atoms. The van der Waals surface area contributed by atoms with Gasteiger partial charge in [0.15, 0.2) is 0 Å². The molecule has 114 valence electrons. The summed E-state index contributed by atoms with van der Waals surface area (Å²) in [6.45, 7) is 7.04. The monoisotopic (exact) mass is 343 g/mol. The van der Waals surface area contributed by atoms with Crippen LogP contribution in [-0.2, 0) is 24.1 Å². The molecule has 1 atom stereocenters. The Hall–Kier alpha value is -0.390. The summed E-state index contributed by atoms with van der Waals surface area (Å²) in [7, 11) is 2.07. The highest BCUT2D eigenvalue weighted by Crippen LogP contribution is 2.27. The Kier molecular flexibility index (Phi) is 6.05. The summed E-state index contributed by atoms with van der Waals surface area (Å²) >= 11 is 3.75. The normalized spacial score (nSPS) is 18.4. The average molecular weight is 344 g/mol. The molecule has 0 aromatic carbocycles. The molecule has 1 aromatic rings. The van der Waals surface area contributed by atoms with Gasteiger partial charge in [0, 0.05) is 32.2 Å². The molecule has 2 rings (SSSR count). The maximum atomic E-state index is 5.48. The van der Waals surface area contributed by atoms with Gasteiger partial charge < -0.3 is 10.1 Å². The SMILES string of the molecule is CCc1nn(CC)c(CC(NC)C2CCOCC2)c1Br. The highest BCUT2D eigenvalue weighted by molar-refractivity contribution is 9.10. The number of nitrogens with zero attached hydrogens (tertiary/aromatic N) is 2. The Morgan fingerprint density at radius 3 is 2.65 bits per heavy atom. The van der Waals surface area contributed by atoms with E-state index in [4.69, 9.17) is 9.84 Å². The largest absolute Gasteiger partial charge is 0.381 e. The van der Waals surface area contributed by atoms with Gasteiger partial charge in [0.2, 0.25) is 0 Å². The quantitative estimate of drug-likeness (QED) is 0.863. The Bertz CT molecular complexity index is 427. The molecule has 0 saturated carbocycles. The minimum atomic E-state index is 0.502. The first kappa shape index (κ1) is 16.0. The molecule has 0 radical (unpaired) electrons. The zero-order chi connectivity index (χ0) is 14.5. The van der Waals surface area contributed by atoms with Crippen LogP contribution in [0.4, 0.5) is 0 Å². The van der Waals surface area contributed by atoms with Gasteiger partial charge in [0.1, 0.15) is 0 Å². The van der Waals surface area contributed by atoms with Crippen LogP contribution in [0.15, 0.2) is 4.47 Å². The molecular formula is C15H26BrN3O. The molecule has 1 aromatic heterocycles. The molecule has 4 nitrogen and oxygen atoms in total. The third-order valence-corrected chi connectivity index (χ3v) is 5.23. The molecular weight excluding hydrogens is 318 g/mol. The van der Waals surface area contributed by atoms with Gasteiger partial charge in [0.25, 0.3) is 0 Å². The first-order valence-electron chi connectivity index (χ1n) is 7.70. The topological polar surface area (TPSA) is 39.1 Å². The van der Waals surface area contributed by atoms with E-state index in [-0.39, 0.29) is 0 Å². The summed E-state index contributed by atoms with van der Waals surface area (Å²) < 4.78 is 8.83. The average Bonchev–Trinajstić information content (AvgIpc) is 2.81. The van der Waals surface area contributed by atoms with Crippen molar-refractivity contribution in [3.63, 3.8) is 0 Å². The number of nitrogens with one attached hydrogen (secondary N) is 1. The number of halogens is 1. The van der Waals surface area contributed by atoms with Crippen molar-refractivity contribution in [3.8, 4) is 0 Å². The predicted octanol–water partition coefficient (Wildman–Crippen LogP) is 2.79. The van der Waals surface area contributed by atoms with E-state index >= 15 is 0 Å². The zero-order valence-electron chi connectivity index (χ0n) is 12.8. The summed E-state index contributed by atoms with van der Waals surface area (Å²) in [6.07, 6.45) is 4.32. The molecule has 1 saturated heterocycles. The first-order chi connectivity index (χ1) is 9.71. The third-order valence-electron chi connectivity index (χ3n) is 4.31. The summed E-state index contributed by atoms with van der Waals surface area (Å²) in [4.78, 5) is 0. The minimum Gasteiger partial charge on any atom is -0.381 e. The van der Waals surface area contributed by atoms with Gasteiger partial charge in [0.05, 0.1) is 15.9 Å².